The van der Waals surface area contributed by atoms with Crippen LogP contribution in [0.15, 0.2) is 18.2 Å². The first-order valence-corrected chi connectivity index (χ1v) is 8.41. The Bertz CT molecular complexity index is 727. The summed E-state index contributed by atoms with van der Waals surface area (Å²) in [5.74, 6) is 1.80. The van der Waals surface area contributed by atoms with Crippen LogP contribution in [0.3, 0.4) is 0 Å². The van der Waals surface area contributed by atoms with Crippen molar-refractivity contribution in [3.8, 4) is 11.5 Å². The van der Waals surface area contributed by atoms with E-state index in [0.29, 0.717) is 18.0 Å². The molecule has 0 saturated carbocycles. The van der Waals surface area contributed by atoms with E-state index in [-0.39, 0.29) is 11.8 Å². The predicted octanol–water partition coefficient (Wildman–Crippen LogP) is 2.75. The number of fused-ring (bicyclic) bond motifs is 1. The maximum atomic E-state index is 12.3. The third kappa shape index (κ3) is 3.32. The van der Waals surface area contributed by atoms with Crippen molar-refractivity contribution in [3.05, 3.63) is 39.3 Å². The van der Waals surface area contributed by atoms with Crippen LogP contribution in [0.5, 0.6) is 11.5 Å². The third-order valence-corrected chi connectivity index (χ3v) is 4.99. The summed E-state index contributed by atoms with van der Waals surface area (Å²) in [7, 11) is 1.64. The molecule has 1 aromatic heterocycles. The minimum Gasteiger partial charge on any atom is -0.493 e. The normalized spacial score (nSPS) is 16.4. The highest BCUT2D eigenvalue weighted by Crippen LogP contribution is 2.35. The summed E-state index contributed by atoms with van der Waals surface area (Å²) in [6, 6.07) is 5.91. The van der Waals surface area contributed by atoms with Crippen molar-refractivity contribution in [1.82, 2.24) is 10.3 Å². The molecule has 122 valence electrons. The lowest BCUT2D eigenvalue weighted by molar-refractivity contribution is 0.0941. The molecule has 0 radical (unpaired) electrons. The molecule has 23 heavy (non-hydrogen) atoms. The van der Waals surface area contributed by atoms with E-state index in [9.17, 15) is 4.79 Å². The molecule has 0 unspecified atom stereocenters. The lowest BCUT2D eigenvalue weighted by Gasteiger charge is -2.26. The second-order valence-corrected chi connectivity index (χ2v) is 6.89. The second kappa shape index (κ2) is 6.58. The van der Waals surface area contributed by atoms with Crippen LogP contribution in [-0.2, 0) is 6.42 Å². The van der Waals surface area contributed by atoms with E-state index < -0.39 is 0 Å². The molecule has 3 rings (SSSR count). The van der Waals surface area contributed by atoms with Crippen LogP contribution in [0.25, 0.3) is 0 Å². The van der Waals surface area contributed by atoms with Crippen molar-refractivity contribution in [2.75, 3.05) is 20.3 Å². The fraction of sp³-hybridized carbons (Fsp3) is 0.412. The number of para-hydroxylation sites is 1. The van der Waals surface area contributed by atoms with Gasteiger partial charge in [-0.15, -0.1) is 11.3 Å². The van der Waals surface area contributed by atoms with E-state index in [2.05, 4.69) is 10.3 Å². The molecule has 0 saturated heterocycles. The maximum absolute atomic E-state index is 12.3. The Labute approximate surface area is 139 Å². The quantitative estimate of drug-likeness (QED) is 0.935. The van der Waals surface area contributed by atoms with Crippen LogP contribution < -0.4 is 14.8 Å². The lowest BCUT2D eigenvalue weighted by atomic mass is 9.96. The Hall–Kier alpha value is -2.08. The zero-order valence-corrected chi connectivity index (χ0v) is 14.3. The number of aromatic nitrogens is 1. The first kappa shape index (κ1) is 15.8. The van der Waals surface area contributed by atoms with Crippen molar-refractivity contribution in [1.29, 1.82) is 0 Å². The monoisotopic (exact) mass is 332 g/mol. The third-order valence-electron chi connectivity index (χ3n) is 3.91. The molecule has 1 aliphatic rings. The fourth-order valence-corrected chi connectivity index (χ4v) is 3.64. The minimum absolute atomic E-state index is 0.0514. The lowest BCUT2D eigenvalue weighted by Crippen LogP contribution is -2.34. The highest BCUT2D eigenvalue weighted by Gasteiger charge is 2.23. The summed E-state index contributed by atoms with van der Waals surface area (Å²) in [5, 5.41) is 3.91. The van der Waals surface area contributed by atoms with Crippen molar-refractivity contribution < 1.29 is 14.3 Å². The van der Waals surface area contributed by atoms with Gasteiger partial charge in [-0.1, -0.05) is 12.1 Å². The number of carbonyl (C=O) groups is 1. The Morgan fingerprint density at radius 2 is 2.30 bits per heavy atom. The van der Waals surface area contributed by atoms with Crippen molar-refractivity contribution >= 4 is 17.2 Å². The number of amides is 1. The average Bonchev–Trinajstić information content (AvgIpc) is 2.90. The number of nitrogens with one attached hydrogen (secondary N) is 1. The van der Waals surface area contributed by atoms with Gasteiger partial charge in [-0.3, -0.25) is 4.79 Å². The maximum Gasteiger partial charge on any atom is 0.263 e. The van der Waals surface area contributed by atoms with Gasteiger partial charge in [-0.25, -0.2) is 4.98 Å². The standard InChI is InChI=1S/C17H20N2O3S/c1-10-16(23-11(2)19-10)17(20)18-8-12-7-13-5-4-6-14(21-3)15(13)22-9-12/h4-6,12H,7-9H2,1-3H3,(H,18,20)/t12-/m0/s1. The molecular formula is C17H20N2O3S. The fourth-order valence-electron chi connectivity index (χ4n) is 2.81. The summed E-state index contributed by atoms with van der Waals surface area (Å²) >= 11 is 1.43. The highest BCUT2D eigenvalue weighted by molar-refractivity contribution is 7.13. The molecule has 0 spiro atoms. The number of hydrogen-bond donors (Lipinski definition) is 1. The van der Waals surface area contributed by atoms with Crippen LogP contribution in [0.1, 0.15) is 25.9 Å². The van der Waals surface area contributed by atoms with Gasteiger partial charge in [0.15, 0.2) is 11.5 Å². The van der Waals surface area contributed by atoms with Gasteiger partial charge in [0.1, 0.15) is 4.88 Å². The smallest absolute Gasteiger partial charge is 0.263 e. The van der Waals surface area contributed by atoms with Gasteiger partial charge in [-0.05, 0) is 31.9 Å². The Morgan fingerprint density at radius 3 is 3.00 bits per heavy atom. The summed E-state index contributed by atoms with van der Waals surface area (Å²) in [6.07, 6.45) is 0.869. The second-order valence-electron chi connectivity index (χ2n) is 5.69. The van der Waals surface area contributed by atoms with E-state index in [1.54, 1.807) is 7.11 Å². The van der Waals surface area contributed by atoms with Gasteiger partial charge < -0.3 is 14.8 Å². The summed E-state index contributed by atoms with van der Waals surface area (Å²) in [4.78, 5) is 17.3. The number of thiazole rings is 1. The Morgan fingerprint density at radius 1 is 1.48 bits per heavy atom. The van der Waals surface area contributed by atoms with Gasteiger partial charge in [0.05, 0.1) is 24.4 Å². The Kier molecular flexibility index (Phi) is 4.52. The average molecular weight is 332 g/mol. The van der Waals surface area contributed by atoms with Gasteiger partial charge >= 0.3 is 0 Å². The van der Waals surface area contributed by atoms with E-state index in [1.165, 1.54) is 11.3 Å². The van der Waals surface area contributed by atoms with E-state index in [4.69, 9.17) is 9.47 Å². The van der Waals surface area contributed by atoms with E-state index in [1.807, 2.05) is 32.0 Å². The number of nitrogens with zero attached hydrogens (tertiary/aromatic N) is 1. The molecule has 6 heteroatoms. The molecular weight excluding hydrogens is 312 g/mol. The molecule has 1 N–H and O–H groups in total. The molecule has 2 aromatic rings. The summed E-state index contributed by atoms with van der Waals surface area (Å²) < 4.78 is 11.2. The van der Waals surface area contributed by atoms with Crippen molar-refractivity contribution in [3.63, 3.8) is 0 Å². The first-order chi connectivity index (χ1) is 11.1. The number of aryl methyl sites for hydroxylation is 2. The summed E-state index contributed by atoms with van der Waals surface area (Å²) in [5.41, 5.74) is 1.92. The number of hydrogen-bond acceptors (Lipinski definition) is 5. The van der Waals surface area contributed by atoms with Crippen molar-refractivity contribution in [2.24, 2.45) is 5.92 Å². The predicted molar refractivity (Wildman–Crippen MR) is 89.6 cm³/mol. The number of methoxy groups -OCH3 is 1. The van der Waals surface area contributed by atoms with Crippen LogP contribution in [0.2, 0.25) is 0 Å². The minimum atomic E-state index is -0.0514. The summed E-state index contributed by atoms with van der Waals surface area (Å²) in [6.45, 7) is 4.94. The van der Waals surface area contributed by atoms with Crippen LogP contribution in [0, 0.1) is 19.8 Å². The van der Waals surface area contributed by atoms with E-state index >= 15 is 0 Å². The van der Waals surface area contributed by atoms with Crippen LogP contribution in [-0.4, -0.2) is 31.2 Å². The van der Waals surface area contributed by atoms with E-state index in [0.717, 1.165) is 34.2 Å². The Balaban J connectivity index is 1.62. The number of ether oxygens (including phenoxy) is 2. The zero-order valence-electron chi connectivity index (χ0n) is 13.5. The van der Waals surface area contributed by atoms with Gasteiger partial charge in [-0.2, -0.15) is 0 Å². The molecule has 0 fully saturated rings. The molecule has 2 heterocycles. The molecule has 1 atom stereocenters. The molecule has 0 bridgehead atoms. The highest BCUT2D eigenvalue weighted by atomic mass is 32.1. The van der Waals surface area contributed by atoms with Crippen LogP contribution >= 0.6 is 11.3 Å². The van der Waals surface area contributed by atoms with Gasteiger partial charge in [0.2, 0.25) is 0 Å². The number of benzene rings is 1. The first-order valence-electron chi connectivity index (χ1n) is 7.59. The molecule has 0 aliphatic carbocycles. The topological polar surface area (TPSA) is 60.5 Å². The zero-order chi connectivity index (χ0) is 16.4. The molecule has 5 nitrogen and oxygen atoms in total. The number of rotatable bonds is 4. The SMILES string of the molecule is COc1cccc2c1OC[C@H](CNC(=O)c1sc(C)nc1C)C2. The van der Waals surface area contributed by atoms with Gasteiger partial charge in [0, 0.05) is 12.5 Å². The molecule has 1 amide bonds. The molecule has 1 aromatic carbocycles. The molecule has 1 aliphatic heterocycles. The largest absolute Gasteiger partial charge is 0.493 e. The number of carbonyl (C=O) groups excluding carboxylic acids is 1. The van der Waals surface area contributed by atoms with Gasteiger partial charge in [0.25, 0.3) is 5.91 Å². The van der Waals surface area contributed by atoms with Crippen molar-refractivity contribution in [2.45, 2.75) is 20.3 Å². The van der Waals surface area contributed by atoms with Crippen LogP contribution in [0.4, 0.5) is 0 Å².